The van der Waals surface area contributed by atoms with Gasteiger partial charge in [0.2, 0.25) is 5.91 Å². The molecular weight excluding hydrogens is 278 g/mol. The first-order valence-corrected chi connectivity index (χ1v) is 8.28. The van der Waals surface area contributed by atoms with Gasteiger partial charge in [0.05, 0.1) is 30.6 Å². The topological polar surface area (TPSA) is 72.5 Å². The third kappa shape index (κ3) is 3.72. The molecule has 0 saturated carbocycles. The highest BCUT2D eigenvalue weighted by Crippen LogP contribution is 2.23. The number of rotatable bonds is 4. The third-order valence-electron chi connectivity index (χ3n) is 3.47. The fourth-order valence-electron chi connectivity index (χ4n) is 2.42. The van der Waals surface area contributed by atoms with Crippen molar-refractivity contribution in [2.45, 2.75) is 25.3 Å². The minimum atomic E-state index is -3.01. The van der Waals surface area contributed by atoms with Crippen molar-refractivity contribution in [1.82, 2.24) is 5.32 Å². The molecule has 1 atom stereocenters. The number of carbonyl (C=O) groups is 1. The lowest BCUT2D eigenvalue weighted by Gasteiger charge is -2.23. The van der Waals surface area contributed by atoms with Crippen LogP contribution in [-0.4, -0.2) is 38.5 Å². The fourth-order valence-corrected chi connectivity index (χ4v) is 4.51. The van der Waals surface area contributed by atoms with Gasteiger partial charge in [0.15, 0.2) is 9.84 Å². The average molecular weight is 297 g/mol. The fraction of sp³-hybridized carbons (Fsp3) is 0.500. The van der Waals surface area contributed by atoms with Crippen molar-refractivity contribution in [1.29, 1.82) is 0 Å². The van der Waals surface area contributed by atoms with Crippen LogP contribution in [-0.2, 0) is 21.1 Å². The van der Waals surface area contributed by atoms with Crippen LogP contribution in [0.4, 0.5) is 0 Å². The van der Waals surface area contributed by atoms with E-state index in [1.165, 1.54) is 0 Å². The SMILES string of the molecule is COc1ccc(CC(=O)N[C@@]2(C)CCS(=O)(=O)C2)cc1. The van der Waals surface area contributed by atoms with Gasteiger partial charge in [-0.25, -0.2) is 8.42 Å². The summed E-state index contributed by atoms with van der Waals surface area (Å²) in [4.78, 5) is 12.0. The van der Waals surface area contributed by atoms with Crippen LogP contribution >= 0.6 is 0 Å². The van der Waals surface area contributed by atoms with Gasteiger partial charge in [-0.2, -0.15) is 0 Å². The van der Waals surface area contributed by atoms with Crippen molar-refractivity contribution in [3.8, 4) is 5.75 Å². The maximum Gasteiger partial charge on any atom is 0.224 e. The molecule has 1 aliphatic rings. The summed E-state index contributed by atoms with van der Waals surface area (Å²) < 4.78 is 28.0. The van der Waals surface area contributed by atoms with Gasteiger partial charge in [0.1, 0.15) is 5.75 Å². The van der Waals surface area contributed by atoms with Gasteiger partial charge in [0.25, 0.3) is 0 Å². The van der Waals surface area contributed by atoms with E-state index in [0.717, 1.165) is 11.3 Å². The smallest absolute Gasteiger partial charge is 0.224 e. The van der Waals surface area contributed by atoms with Crippen LogP contribution < -0.4 is 10.1 Å². The lowest BCUT2D eigenvalue weighted by Crippen LogP contribution is -2.47. The highest BCUT2D eigenvalue weighted by atomic mass is 32.2. The molecule has 1 fully saturated rings. The molecule has 0 aromatic heterocycles. The Balaban J connectivity index is 1.95. The highest BCUT2D eigenvalue weighted by Gasteiger charge is 2.39. The minimum Gasteiger partial charge on any atom is -0.497 e. The molecule has 20 heavy (non-hydrogen) atoms. The lowest BCUT2D eigenvalue weighted by molar-refractivity contribution is -0.121. The van der Waals surface area contributed by atoms with Crippen molar-refractivity contribution >= 4 is 15.7 Å². The second-order valence-electron chi connectivity index (χ2n) is 5.48. The molecule has 0 spiro atoms. The first kappa shape index (κ1) is 14.8. The number of carbonyl (C=O) groups excluding carboxylic acids is 1. The third-order valence-corrected chi connectivity index (χ3v) is 5.37. The molecule has 0 radical (unpaired) electrons. The molecule has 110 valence electrons. The van der Waals surface area contributed by atoms with E-state index >= 15 is 0 Å². The Hall–Kier alpha value is -1.56. The zero-order chi connectivity index (χ0) is 14.8. The molecule has 1 heterocycles. The van der Waals surface area contributed by atoms with Crippen molar-refractivity contribution in [2.75, 3.05) is 18.6 Å². The number of ether oxygens (including phenoxy) is 1. The quantitative estimate of drug-likeness (QED) is 0.897. The molecule has 1 N–H and O–H groups in total. The van der Waals surface area contributed by atoms with Crippen molar-refractivity contribution in [2.24, 2.45) is 0 Å². The Morgan fingerprint density at radius 2 is 2.00 bits per heavy atom. The van der Waals surface area contributed by atoms with E-state index in [2.05, 4.69) is 5.32 Å². The summed E-state index contributed by atoms with van der Waals surface area (Å²) in [6, 6.07) is 7.24. The molecular formula is C14H19NO4S. The lowest BCUT2D eigenvalue weighted by atomic mass is 10.0. The summed E-state index contributed by atoms with van der Waals surface area (Å²) in [6.07, 6.45) is 0.712. The van der Waals surface area contributed by atoms with Crippen molar-refractivity contribution in [3.63, 3.8) is 0 Å². The molecule has 1 saturated heterocycles. The van der Waals surface area contributed by atoms with E-state index < -0.39 is 15.4 Å². The molecule has 1 aliphatic heterocycles. The molecule has 1 aromatic carbocycles. The Kier molecular flexibility index (Phi) is 4.04. The summed E-state index contributed by atoms with van der Waals surface area (Å²) >= 11 is 0. The van der Waals surface area contributed by atoms with Gasteiger partial charge in [0, 0.05) is 0 Å². The first-order valence-electron chi connectivity index (χ1n) is 6.46. The first-order chi connectivity index (χ1) is 9.32. The molecule has 6 heteroatoms. The van der Waals surface area contributed by atoms with E-state index in [0.29, 0.717) is 6.42 Å². The number of hydrogen-bond acceptors (Lipinski definition) is 4. The van der Waals surface area contributed by atoms with E-state index in [1.54, 1.807) is 26.2 Å². The van der Waals surface area contributed by atoms with Gasteiger partial charge >= 0.3 is 0 Å². The molecule has 0 bridgehead atoms. The van der Waals surface area contributed by atoms with Crippen LogP contribution in [0, 0.1) is 0 Å². The normalized spacial score (nSPS) is 24.3. The minimum absolute atomic E-state index is 0.0222. The van der Waals surface area contributed by atoms with Crippen molar-refractivity contribution < 1.29 is 17.9 Å². The van der Waals surface area contributed by atoms with E-state index in [9.17, 15) is 13.2 Å². The molecule has 1 amide bonds. The Labute approximate surface area is 119 Å². The maximum atomic E-state index is 12.0. The van der Waals surface area contributed by atoms with Gasteiger partial charge < -0.3 is 10.1 Å². The number of benzene rings is 1. The van der Waals surface area contributed by atoms with E-state index in [-0.39, 0.29) is 23.8 Å². The zero-order valence-electron chi connectivity index (χ0n) is 11.7. The van der Waals surface area contributed by atoms with Crippen LogP contribution in [0.2, 0.25) is 0 Å². The molecule has 0 unspecified atom stereocenters. The average Bonchev–Trinajstić information content (AvgIpc) is 2.64. The zero-order valence-corrected chi connectivity index (χ0v) is 12.5. The summed E-state index contributed by atoms with van der Waals surface area (Å²) in [5, 5.41) is 2.84. The second-order valence-corrected chi connectivity index (χ2v) is 7.66. The number of hydrogen-bond donors (Lipinski definition) is 1. The Morgan fingerprint density at radius 3 is 2.50 bits per heavy atom. The summed E-state index contributed by atoms with van der Waals surface area (Å²) in [5.74, 6) is 0.749. The number of sulfone groups is 1. The van der Waals surface area contributed by atoms with Gasteiger partial charge in [-0.1, -0.05) is 12.1 Å². The summed E-state index contributed by atoms with van der Waals surface area (Å²) in [7, 11) is -1.43. The Morgan fingerprint density at radius 1 is 1.35 bits per heavy atom. The molecule has 0 aliphatic carbocycles. The van der Waals surface area contributed by atoms with Gasteiger partial charge in [-0.05, 0) is 31.0 Å². The summed E-state index contributed by atoms with van der Waals surface area (Å²) in [6.45, 7) is 1.78. The van der Waals surface area contributed by atoms with E-state index in [4.69, 9.17) is 4.74 Å². The molecule has 5 nitrogen and oxygen atoms in total. The van der Waals surface area contributed by atoms with Crippen LogP contribution in [0.25, 0.3) is 0 Å². The Bertz CT molecular complexity index is 594. The monoisotopic (exact) mass is 297 g/mol. The second kappa shape index (κ2) is 5.44. The van der Waals surface area contributed by atoms with Crippen LogP contribution in [0.15, 0.2) is 24.3 Å². The molecule has 2 rings (SSSR count). The predicted molar refractivity (Wildman–Crippen MR) is 76.5 cm³/mol. The van der Waals surface area contributed by atoms with Crippen LogP contribution in [0.1, 0.15) is 18.9 Å². The van der Waals surface area contributed by atoms with Crippen LogP contribution in [0.3, 0.4) is 0 Å². The highest BCUT2D eigenvalue weighted by molar-refractivity contribution is 7.91. The van der Waals surface area contributed by atoms with Crippen LogP contribution in [0.5, 0.6) is 5.75 Å². The van der Waals surface area contributed by atoms with Gasteiger partial charge in [-0.15, -0.1) is 0 Å². The molecule has 1 aromatic rings. The van der Waals surface area contributed by atoms with E-state index in [1.807, 2.05) is 12.1 Å². The number of methoxy groups -OCH3 is 1. The number of amides is 1. The summed E-state index contributed by atoms with van der Waals surface area (Å²) in [5.41, 5.74) is 0.232. The standard InChI is InChI=1S/C14H19NO4S/c1-14(7-8-20(17,18)10-14)15-13(16)9-11-3-5-12(19-2)6-4-11/h3-6H,7-10H2,1-2H3,(H,15,16)/t14-/m0/s1. The van der Waals surface area contributed by atoms with Gasteiger partial charge in [-0.3, -0.25) is 4.79 Å². The van der Waals surface area contributed by atoms with Crippen molar-refractivity contribution in [3.05, 3.63) is 29.8 Å². The largest absolute Gasteiger partial charge is 0.497 e. The maximum absolute atomic E-state index is 12.0. The number of nitrogens with one attached hydrogen (secondary N) is 1. The predicted octanol–water partition coefficient (Wildman–Crippen LogP) is 0.931.